The van der Waals surface area contributed by atoms with E-state index in [4.69, 9.17) is 9.47 Å². The molecule has 0 aliphatic carbocycles. The van der Waals surface area contributed by atoms with Gasteiger partial charge in [0.25, 0.3) is 11.1 Å². The summed E-state index contributed by atoms with van der Waals surface area (Å²) in [6.07, 6.45) is 1.00. The normalized spacial score (nSPS) is 23.0. The zero-order valence-corrected chi connectivity index (χ0v) is 17.7. The van der Waals surface area contributed by atoms with Crippen molar-refractivity contribution < 1.29 is 29.0 Å². The van der Waals surface area contributed by atoms with E-state index in [1.807, 2.05) is 0 Å². The van der Waals surface area contributed by atoms with Crippen LogP contribution in [0, 0.1) is 0 Å². The number of imide groups is 1. The third-order valence-corrected chi connectivity index (χ3v) is 6.64. The fraction of sp³-hybridized carbons (Fsp3) is 0.421. The third-order valence-electron chi connectivity index (χ3n) is 4.56. The molecule has 10 heteroatoms. The summed E-state index contributed by atoms with van der Waals surface area (Å²) in [6, 6.07) is 4.88. The van der Waals surface area contributed by atoms with Gasteiger partial charge in [-0.2, -0.15) is 11.8 Å². The summed E-state index contributed by atoms with van der Waals surface area (Å²) >= 11 is 2.39. The molecule has 0 spiro atoms. The van der Waals surface area contributed by atoms with Crippen LogP contribution in [0.1, 0.15) is 12.0 Å². The van der Waals surface area contributed by atoms with E-state index in [0.29, 0.717) is 28.6 Å². The molecule has 156 valence electrons. The first-order chi connectivity index (χ1) is 13.9. The van der Waals surface area contributed by atoms with Crippen molar-refractivity contribution in [1.82, 2.24) is 10.2 Å². The Labute approximate surface area is 177 Å². The average Bonchev–Trinajstić information content (AvgIpc) is 3.22. The summed E-state index contributed by atoms with van der Waals surface area (Å²) in [5, 5.41) is 12.1. The van der Waals surface area contributed by atoms with Crippen molar-refractivity contribution in [2.24, 2.45) is 0 Å². The van der Waals surface area contributed by atoms with E-state index in [0.717, 1.165) is 16.7 Å². The van der Waals surface area contributed by atoms with Crippen LogP contribution in [0.4, 0.5) is 4.79 Å². The predicted octanol–water partition coefficient (Wildman–Crippen LogP) is 1.72. The smallest absolute Gasteiger partial charge is 0.293 e. The number of carbonyl (C=O) groups is 3. The first-order valence-corrected chi connectivity index (χ1v) is 10.9. The van der Waals surface area contributed by atoms with Crippen LogP contribution in [0.3, 0.4) is 0 Å². The van der Waals surface area contributed by atoms with E-state index >= 15 is 0 Å². The summed E-state index contributed by atoms with van der Waals surface area (Å²) in [7, 11) is 3.05. The first-order valence-electron chi connectivity index (χ1n) is 8.95. The Morgan fingerprint density at radius 3 is 2.76 bits per heavy atom. The molecule has 2 atom stereocenters. The molecule has 1 aromatic rings. The lowest BCUT2D eigenvalue weighted by molar-refractivity contribution is -0.124. The Morgan fingerprint density at radius 1 is 1.31 bits per heavy atom. The minimum atomic E-state index is -0.568. The number of nitrogens with one attached hydrogen (secondary N) is 1. The highest BCUT2D eigenvalue weighted by atomic mass is 32.2. The minimum absolute atomic E-state index is 0.0122. The molecule has 2 aliphatic rings. The van der Waals surface area contributed by atoms with Crippen molar-refractivity contribution in [1.29, 1.82) is 0 Å². The van der Waals surface area contributed by atoms with Crippen LogP contribution in [0.5, 0.6) is 11.5 Å². The van der Waals surface area contributed by atoms with Gasteiger partial charge < -0.3 is 19.9 Å². The van der Waals surface area contributed by atoms with Gasteiger partial charge in [0, 0.05) is 30.0 Å². The van der Waals surface area contributed by atoms with Crippen molar-refractivity contribution in [3.05, 3.63) is 28.7 Å². The molecule has 0 saturated carbocycles. The van der Waals surface area contributed by atoms with Crippen LogP contribution < -0.4 is 14.8 Å². The van der Waals surface area contributed by atoms with Gasteiger partial charge in [0.1, 0.15) is 11.5 Å². The molecule has 2 heterocycles. The fourth-order valence-corrected chi connectivity index (χ4v) is 4.98. The number of carbonyl (C=O) groups excluding carboxylic acids is 3. The van der Waals surface area contributed by atoms with Gasteiger partial charge in [-0.25, -0.2) is 0 Å². The lowest BCUT2D eigenvalue weighted by Gasteiger charge is -2.17. The van der Waals surface area contributed by atoms with Crippen molar-refractivity contribution >= 4 is 46.7 Å². The second-order valence-electron chi connectivity index (χ2n) is 6.47. The van der Waals surface area contributed by atoms with E-state index in [9.17, 15) is 19.5 Å². The molecule has 0 aromatic heterocycles. The van der Waals surface area contributed by atoms with E-state index < -0.39 is 17.3 Å². The Balaban J connectivity index is 1.65. The summed E-state index contributed by atoms with van der Waals surface area (Å²) in [5.41, 5.74) is 0.614. The molecule has 0 radical (unpaired) electrons. The highest BCUT2D eigenvalue weighted by Crippen LogP contribution is 2.35. The lowest BCUT2D eigenvalue weighted by Crippen LogP contribution is -2.43. The van der Waals surface area contributed by atoms with Gasteiger partial charge in [0.15, 0.2) is 0 Å². The molecule has 8 nitrogen and oxygen atoms in total. The Hall–Kier alpha value is -2.17. The lowest BCUT2D eigenvalue weighted by atomic mass is 10.1. The molecule has 0 bridgehead atoms. The molecule has 2 saturated heterocycles. The van der Waals surface area contributed by atoms with Gasteiger partial charge in [-0.15, -0.1) is 0 Å². The van der Waals surface area contributed by atoms with Crippen molar-refractivity contribution in [2.75, 3.05) is 32.3 Å². The topological polar surface area (TPSA) is 105 Å². The number of aliphatic hydroxyl groups excluding tert-OH is 1. The molecule has 29 heavy (non-hydrogen) atoms. The van der Waals surface area contributed by atoms with Gasteiger partial charge in [-0.1, -0.05) is 0 Å². The largest absolute Gasteiger partial charge is 0.497 e. The summed E-state index contributed by atoms with van der Waals surface area (Å²) in [4.78, 5) is 38.3. The number of thioether (sulfide) groups is 2. The zero-order valence-electron chi connectivity index (χ0n) is 16.0. The molecule has 3 amide bonds. The molecule has 2 fully saturated rings. The minimum Gasteiger partial charge on any atom is -0.497 e. The van der Waals surface area contributed by atoms with Gasteiger partial charge in [-0.05, 0) is 36.0 Å². The first kappa shape index (κ1) is 21.5. The summed E-state index contributed by atoms with van der Waals surface area (Å²) in [5.74, 6) is 1.64. The Kier molecular flexibility index (Phi) is 7.09. The van der Waals surface area contributed by atoms with Crippen LogP contribution in [0.25, 0.3) is 6.08 Å². The maximum Gasteiger partial charge on any atom is 0.293 e. The monoisotopic (exact) mass is 438 g/mol. The SMILES string of the molecule is COc1ccc(OC)c(/C=C2/SC(=O)N(CCC(=O)N[C@@H]3CSC[C@@H]3O)C2=O)c1. The number of benzene rings is 1. The number of hydrogen-bond acceptors (Lipinski definition) is 8. The van der Waals surface area contributed by atoms with Crippen LogP contribution >= 0.6 is 23.5 Å². The molecule has 2 aliphatic heterocycles. The molecular weight excluding hydrogens is 416 g/mol. The number of rotatable bonds is 7. The number of amides is 3. The fourth-order valence-electron chi connectivity index (χ4n) is 2.96. The van der Waals surface area contributed by atoms with Crippen LogP contribution in [0.15, 0.2) is 23.1 Å². The van der Waals surface area contributed by atoms with Crippen molar-refractivity contribution in [3.63, 3.8) is 0 Å². The molecule has 1 aromatic carbocycles. The average molecular weight is 439 g/mol. The zero-order chi connectivity index (χ0) is 21.0. The van der Waals surface area contributed by atoms with Gasteiger partial charge >= 0.3 is 0 Å². The summed E-state index contributed by atoms with van der Waals surface area (Å²) in [6.45, 7) is -0.0148. The van der Waals surface area contributed by atoms with Gasteiger partial charge in [0.2, 0.25) is 5.91 Å². The number of aliphatic hydroxyl groups is 1. The van der Waals surface area contributed by atoms with Crippen LogP contribution in [0.2, 0.25) is 0 Å². The quantitative estimate of drug-likeness (QED) is 0.620. The molecule has 2 N–H and O–H groups in total. The molecule has 3 rings (SSSR count). The van der Waals surface area contributed by atoms with Gasteiger partial charge in [-0.3, -0.25) is 19.3 Å². The second kappa shape index (κ2) is 9.55. The van der Waals surface area contributed by atoms with E-state index in [1.54, 1.807) is 36.0 Å². The van der Waals surface area contributed by atoms with Crippen molar-refractivity contribution in [2.45, 2.75) is 18.6 Å². The summed E-state index contributed by atoms with van der Waals surface area (Å²) < 4.78 is 10.5. The van der Waals surface area contributed by atoms with Crippen molar-refractivity contribution in [3.8, 4) is 11.5 Å². The highest BCUT2D eigenvalue weighted by molar-refractivity contribution is 8.18. The third kappa shape index (κ3) is 5.06. The van der Waals surface area contributed by atoms with Crippen LogP contribution in [-0.2, 0) is 9.59 Å². The second-order valence-corrected chi connectivity index (χ2v) is 8.54. The number of nitrogens with zero attached hydrogens (tertiary/aromatic N) is 1. The van der Waals surface area contributed by atoms with E-state index in [2.05, 4.69) is 5.32 Å². The number of methoxy groups -OCH3 is 2. The van der Waals surface area contributed by atoms with Gasteiger partial charge in [0.05, 0.1) is 31.3 Å². The van der Waals surface area contributed by atoms with E-state index in [-0.39, 0.29) is 29.8 Å². The standard InChI is InChI=1S/C19H22N2O6S2/c1-26-12-3-4-15(27-2)11(7-12)8-16-18(24)21(19(25)29-16)6-5-17(23)20-13-9-28-10-14(13)22/h3-4,7-8,13-14,22H,5-6,9-10H2,1-2H3,(H,20,23)/b16-8+/t13-,14+/m1/s1. The van der Waals surface area contributed by atoms with Crippen LogP contribution in [-0.4, -0.2) is 71.5 Å². The number of ether oxygens (including phenoxy) is 2. The Bertz CT molecular complexity index is 844. The molecular formula is C19H22N2O6S2. The highest BCUT2D eigenvalue weighted by Gasteiger charge is 2.35. The number of hydrogen-bond donors (Lipinski definition) is 2. The Morgan fingerprint density at radius 2 is 2.10 bits per heavy atom. The maximum atomic E-state index is 12.7. The molecule has 0 unspecified atom stereocenters. The maximum absolute atomic E-state index is 12.7. The predicted molar refractivity (Wildman–Crippen MR) is 112 cm³/mol. The van der Waals surface area contributed by atoms with E-state index in [1.165, 1.54) is 14.2 Å².